The summed E-state index contributed by atoms with van der Waals surface area (Å²) in [5.41, 5.74) is 8.46. The molecule has 1 fully saturated rings. The molecule has 10 nitrogen and oxygen atoms in total. The van der Waals surface area contributed by atoms with Crippen molar-refractivity contribution in [2.45, 2.75) is 25.0 Å². The number of aromatic amines is 1. The van der Waals surface area contributed by atoms with Crippen LogP contribution >= 0.6 is 0 Å². The van der Waals surface area contributed by atoms with Gasteiger partial charge in [-0.15, -0.1) is 0 Å². The Hall–Kier alpha value is -3.89. The zero-order valence-corrected chi connectivity index (χ0v) is 17.6. The average Bonchev–Trinajstić information content (AvgIpc) is 3.18. The minimum atomic E-state index is -1.70. The molecule has 0 saturated carbocycles. The van der Waals surface area contributed by atoms with Gasteiger partial charge >= 0.3 is 0 Å². The molecule has 0 bridgehead atoms. The largest absolute Gasteiger partial charge is 0.385 e. The van der Waals surface area contributed by atoms with Gasteiger partial charge in [0.1, 0.15) is 5.82 Å². The van der Waals surface area contributed by atoms with Gasteiger partial charge in [0, 0.05) is 47.0 Å². The molecule has 0 spiro atoms. The summed E-state index contributed by atoms with van der Waals surface area (Å²) in [7, 11) is 0. The van der Waals surface area contributed by atoms with Crippen LogP contribution < -0.4 is 21.3 Å². The summed E-state index contributed by atoms with van der Waals surface area (Å²) in [6, 6.07) is 10.5. The number of fused-ring (bicyclic) bond motifs is 2. The third kappa shape index (κ3) is 3.79. The minimum absolute atomic E-state index is 0.0709. The van der Waals surface area contributed by atoms with Crippen LogP contribution in [0.15, 0.2) is 42.6 Å². The Balaban J connectivity index is 1.34. The van der Waals surface area contributed by atoms with Gasteiger partial charge in [0.2, 0.25) is 5.91 Å². The summed E-state index contributed by atoms with van der Waals surface area (Å²) in [4.78, 5) is 42.1. The minimum Gasteiger partial charge on any atom is -0.385 e. The fourth-order valence-corrected chi connectivity index (χ4v) is 4.32. The van der Waals surface area contributed by atoms with Crippen molar-refractivity contribution in [1.29, 1.82) is 0 Å². The molecule has 10 heteroatoms. The Kier molecular flexibility index (Phi) is 5.23. The summed E-state index contributed by atoms with van der Waals surface area (Å²) in [6.45, 7) is 0.436. The Labute approximate surface area is 188 Å². The van der Waals surface area contributed by atoms with Crippen molar-refractivity contribution in [2.24, 2.45) is 0 Å². The van der Waals surface area contributed by atoms with Crippen molar-refractivity contribution < 1.29 is 24.2 Å². The van der Waals surface area contributed by atoms with Crippen LogP contribution in [0.4, 0.5) is 22.9 Å². The molecular formula is C23H23N5O5. The number of anilines is 4. The van der Waals surface area contributed by atoms with Gasteiger partial charge in [0.25, 0.3) is 11.8 Å². The van der Waals surface area contributed by atoms with E-state index in [9.17, 15) is 19.5 Å². The number of hydrogen-bond donors (Lipinski definition) is 5. The number of aliphatic hydroxyl groups excluding tert-OH is 1. The number of nitrogens with two attached hydrogens (primary N) is 1. The van der Waals surface area contributed by atoms with Gasteiger partial charge in [-0.05, 0) is 42.3 Å². The summed E-state index contributed by atoms with van der Waals surface area (Å²) in [6.07, 6.45) is -0.507. The molecule has 0 unspecified atom stereocenters. The van der Waals surface area contributed by atoms with Crippen LogP contribution in [0.25, 0.3) is 10.8 Å². The van der Waals surface area contributed by atoms with Gasteiger partial charge in [-0.1, -0.05) is 6.07 Å². The fraction of sp³-hybridized carbons (Fsp3) is 0.261. The lowest BCUT2D eigenvalue weighted by Gasteiger charge is -2.36. The molecule has 0 aliphatic carbocycles. The molecule has 170 valence electrons. The molecular weight excluding hydrogens is 426 g/mol. The second-order valence-electron chi connectivity index (χ2n) is 8.07. The summed E-state index contributed by atoms with van der Waals surface area (Å²) in [5, 5.41) is 17.7. The van der Waals surface area contributed by atoms with Crippen LogP contribution in [0, 0.1) is 0 Å². The summed E-state index contributed by atoms with van der Waals surface area (Å²) >= 11 is 0. The predicted octanol–water partition coefficient (Wildman–Crippen LogP) is 1.37. The molecule has 3 aromatic rings. The second kappa shape index (κ2) is 8.23. The standard InChI is InChI=1S/C23H23N5O5/c24-21-14-5-4-13(10-12(14)11-25-21)26-22(31)19(30)20-23(32)28(8-9-33-20)17-3-1-2-16-15(17)6-7-18(29)27-16/h1-5,10-11,19-20,25,30H,6-9,24H2,(H,26,31)(H,27,29)/t19-,20-/m1/s1. The van der Waals surface area contributed by atoms with Crippen molar-refractivity contribution in [1.82, 2.24) is 4.98 Å². The number of nitrogen functional groups attached to an aromatic ring is 1. The van der Waals surface area contributed by atoms with E-state index < -0.39 is 24.0 Å². The highest BCUT2D eigenvalue weighted by atomic mass is 16.5. The number of aliphatic hydroxyl groups is 1. The zero-order valence-electron chi connectivity index (χ0n) is 17.6. The van der Waals surface area contributed by atoms with E-state index in [2.05, 4.69) is 15.6 Å². The number of rotatable bonds is 4. The van der Waals surface area contributed by atoms with Crippen molar-refractivity contribution in [3.05, 3.63) is 48.2 Å². The smallest absolute Gasteiger partial charge is 0.259 e. The first-order chi connectivity index (χ1) is 15.9. The monoisotopic (exact) mass is 449 g/mol. The normalized spacial score (nSPS) is 19.2. The van der Waals surface area contributed by atoms with E-state index in [1.165, 1.54) is 4.90 Å². The highest BCUT2D eigenvalue weighted by molar-refractivity contribution is 6.06. The van der Waals surface area contributed by atoms with Crippen LogP contribution in [-0.2, 0) is 25.5 Å². The third-order valence-electron chi connectivity index (χ3n) is 5.99. The number of morpholine rings is 1. The number of ether oxygens (including phenoxy) is 1. The van der Waals surface area contributed by atoms with E-state index in [4.69, 9.17) is 10.5 Å². The van der Waals surface area contributed by atoms with Gasteiger partial charge in [-0.2, -0.15) is 0 Å². The predicted molar refractivity (Wildman–Crippen MR) is 123 cm³/mol. The molecule has 5 rings (SSSR count). The summed E-state index contributed by atoms with van der Waals surface area (Å²) in [5.74, 6) is -0.811. The summed E-state index contributed by atoms with van der Waals surface area (Å²) < 4.78 is 5.50. The van der Waals surface area contributed by atoms with Crippen molar-refractivity contribution in [3.8, 4) is 0 Å². The number of amides is 3. The first-order valence-electron chi connectivity index (χ1n) is 10.6. The van der Waals surface area contributed by atoms with Crippen molar-refractivity contribution in [3.63, 3.8) is 0 Å². The molecule has 2 aromatic carbocycles. The Morgan fingerprint density at radius 3 is 2.94 bits per heavy atom. The van der Waals surface area contributed by atoms with E-state index in [0.29, 0.717) is 35.7 Å². The molecule has 2 aliphatic rings. The zero-order chi connectivity index (χ0) is 23.1. The number of carbonyl (C=O) groups is 3. The number of nitrogens with one attached hydrogen (secondary N) is 3. The average molecular weight is 449 g/mol. The van der Waals surface area contributed by atoms with Crippen molar-refractivity contribution >= 4 is 51.4 Å². The number of H-pyrrole nitrogens is 1. The molecule has 33 heavy (non-hydrogen) atoms. The van der Waals surface area contributed by atoms with E-state index in [1.54, 1.807) is 42.6 Å². The van der Waals surface area contributed by atoms with Gasteiger partial charge in [0.15, 0.2) is 12.2 Å². The van der Waals surface area contributed by atoms with Crippen LogP contribution in [0.3, 0.4) is 0 Å². The van der Waals surface area contributed by atoms with Gasteiger partial charge in [-0.25, -0.2) is 0 Å². The number of aromatic nitrogens is 1. The Morgan fingerprint density at radius 1 is 1.24 bits per heavy atom. The van der Waals surface area contributed by atoms with Crippen LogP contribution in [0.5, 0.6) is 0 Å². The Bertz CT molecular complexity index is 1270. The lowest BCUT2D eigenvalue weighted by atomic mass is 9.99. The maximum Gasteiger partial charge on any atom is 0.259 e. The number of benzene rings is 2. The molecule has 1 saturated heterocycles. The first-order valence-corrected chi connectivity index (χ1v) is 10.6. The third-order valence-corrected chi connectivity index (χ3v) is 5.99. The Morgan fingerprint density at radius 2 is 2.09 bits per heavy atom. The number of carbonyl (C=O) groups excluding carboxylic acids is 3. The topological polar surface area (TPSA) is 150 Å². The lowest BCUT2D eigenvalue weighted by Crippen LogP contribution is -2.55. The van der Waals surface area contributed by atoms with E-state index >= 15 is 0 Å². The van der Waals surface area contributed by atoms with Gasteiger partial charge < -0.3 is 36.1 Å². The van der Waals surface area contributed by atoms with Gasteiger partial charge in [0.05, 0.1) is 6.61 Å². The molecule has 1 aromatic heterocycles. The van der Waals surface area contributed by atoms with E-state index in [0.717, 1.165) is 16.3 Å². The molecule has 6 N–H and O–H groups in total. The first kappa shape index (κ1) is 21.0. The van der Waals surface area contributed by atoms with Crippen LogP contribution in [0.1, 0.15) is 12.0 Å². The van der Waals surface area contributed by atoms with Crippen LogP contribution in [-0.4, -0.2) is 53.2 Å². The number of nitrogens with zero attached hydrogens (tertiary/aromatic N) is 1. The molecule has 0 radical (unpaired) electrons. The molecule has 2 atom stereocenters. The molecule has 3 amide bonds. The quantitative estimate of drug-likeness (QED) is 0.406. The molecule has 2 aliphatic heterocycles. The lowest BCUT2D eigenvalue weighted by molar-refractivity contribution is -0.150. The van der Waals surface area contributed by atoms with Crippen molar-refractivity contribution in [2.75, 3.05) is 34.4 Å². The fourth-order valence-electron chi connectivity index (χ4n) is 4.32. The maximum atomic E-state index is 13.2. The van der Waals surface area contributed by atoms with Gasteiger partial charge in [-0.3, -0.25) is 14.4 Å². The molecule has 3 heterocycles. The maximum absolute atomic E-state index is 13.2. The SMILES string of the molecule is Nc1[nH]cc2cc(NC(=O)[C@H](O)[C@H]3OCCN(c4cccc5c4CCC(=O)N5)C3=O)ccc12. The number of hydrogen-bond acceptors (Lipinski definition) is 6. The second-order valence-corrected chi connectivity index (χ2v) is 8.07. The highest BCUT2D eigenvalue weighted by Gasteiger charge is 2.40. The van der Waals surface area contributed by atoms with E-state index in [1.807, 2.05) is 0 Å². The highest BCUT2D eigenvalue weighted by Crippen LogP contribution is 2.33. The van der Waals surface area contributed by atoms with Crippen LogP contribution in [0.2, 0.25) is 0 Å². The van der Waals surface area contributed by atoms with E-state index in [-0.39, 0.29) is 19.1 Å².